The summed E-state index contributed by atoms with van der Waals surface area (Å²) in [4.78, 5) is 13.2. The summed E-state index contributed by atoms with van der Waals surface area (Å²) >= 11 is 0. The number of hydrogen-bond donors (Lipinski definition) is 1. The summed E-state index contributed by atoms with van der Waals surface area (Å²) in [5.74, 6) is -0.323. The predicted octanol–water partition coefficient (Wildman–Crippen LogP) is -0.830. The number of carbonyl (C=O) groups is 1. The molecule has 0 aromatic carbocycles. The van der Waals surface area contributed by atoms with Crippen LogP contribution in [0.25, 0.3) is 0 Å². The molecule has 1 heterocycles. The number of carbonyl (C=O) groups excluding carboxylic acids is 1. The van der Waals surface area contributed by atoms with E-state index in [1.54, 1.807) is 6.92 Å². The molecule has 1 atom stereocenters. The fraction of sp³-hybridized carbons (Fsp3) is 0.875. The van der Waals surface area contributed by atoms with Crippen LogP contribution < -0.4 is 11.1 Å². The molecule has 1 radical (unpaired) electrons. The molecule has 1 rings (SSSR count). The van der Waals surface area contributed by atoms with Gasteiger partial charge >= 0.3 is 0 Å². The van der Waals surface area contributed by atoms with E-state index in [0.29, 0.717) is 6.54 Å². The molecular weight excluding hydrogens is 154 g/mol. The Bertz CT molecular complexity index is 183. The van der Waals surface area contributed by atoms with E-state index in [1.807, 2.05) is 7.05 Å². The van der Waals surface area contributed by atoms with Crippen LogP contribution in [-0.2, 0) is 4.79 Å². The van der Waals surface area contributed by atoms with Gasteiger partial charge in [0.05, 0.1) is 0 Å². The van der Waals surface area contributed by atoms with Crippen molar-refractivity contribution in [3.05, 3.63) is 0 Å². The van der Waals surface area contributed by atoms with Crippen molar-refractivity contribution in [1.82, 2.24) is 10.2 Å². The molecule has 0 saturated carbocycles. The average molecular weight is 170 g/mol. The van der Waals surface area contributed by atoms with Gasteiger partial charge in [0, 0.05) is 13.1 Å². The van der Waals surface area contributed by atoms with E-state index >= 15 is 0 Å². The molecule has 0 aromatic rings. The van der Waals surface area contributed by atoms with Crippen molar-refractivity contribution in [2.24, 2.45) is 5.73 Å². The zero-order valence-electron chi connectivity index (χ0n) is 7.71. The molecule has 1 amide bonds. The third kappa shape index (κ3) is 1.95. The number of primary amides is 1. The zero-order chi connectivity index (χ0) is 9.19. The molecule has 0 spiro atoms. The first-order valence-electron chi connectivity index (χ1n) is 4.22. The second-order valence-electron chi connectivity index (χ2n) is 3.61. The molecule has 1 aliphatic rings. The molecule has 4 nitrogen and oxygen atoms in total. The fourth-order valence-corrected chi connectivity index (χ4v) is 1.48. The number of nitrogens with two attached hydrogens (primary N) is 1. The van der Waals surface area contributed by atoms with E-state index < -0.39 is 5.54 Å². The number of likely N-dealkylation sites (N-methyl/N-ethyl adjacent to an activating group) is 1. The van der Waals surface area contributed by atoms with Gasteiger partial charge in [-0.15, -0.1) is 0 Å². The molecule has 4 heteroatoms. The maximum absolute atomic E-state index is 11.1. The topological polar surface area (TPSA) is 60.4 Å². The zero-order valence-corrected chi connectivity index (χ0v) is 7.71. The highest BCUT2D eigenvalue weighted by Gasteiger charge is 2.34. The van der Waals surface area contributed by atoms with Crippen LogP contribution in [0.3, 0.4) is 0 Å². The molecule has 12 heavy (non-hydrogen) atoms. The molecule has 2 N–H and O–H groups in total. The summed E-state index contributed by atoms with van der Waals surface area (Å²) in [7, 11) is 1.99. The van der Waals surface area contributed by atoms with Crippen LogP contribution in [-0.4, -0.2) is 43.0 Å². The third-order valence-electron chi connectivity index (χ3n) is 2.27. The summed E-state index contributed by atoms with van der Waals surface area (Å²) in [6.07, 6.45) is 1.01. The van der Waals surface area contributed by atoms with Crippen molar-refractivity contribution in [2.75, 3.05) is 26.7 Å². The van der Waals surface area contributed by atoms with Crippen LogP contribution >= 0.6 is 0 Å². The molecule has 1 unspecified atom stereocenters. The molecule has 0 aliphatic carbocycles. The number of hydrogen-bond acceptors (Lipinski definition) is 2. The number of amides is 1. The minimum atomic E-state index is -0.675. The number of nitrogens with zero attached hydrogens (tertiary/aromatic N) is 2. The molecule has 1 fully saturated rings. The second-order valence-corrected chi connectivity index (χ2v) is 3.61. The molecule has 1 aliphatic heterocycles. The van der Waals surface area contributed by atoms with Gasteiger partial charge in [-0.2, -0.15) is 0 Å². The van der Waals surface area contributed by atoms with Gasteiger partial charge < -0.3 is 10.6 Å². The first-order valence-corrected chi connectivity index (χ1v) is 4.22. The third-order valence-corrected chi connectivity index (χ3v) is 2.27. The summed E-state index contributed by atoms with van der Waals surface area (Å²) in [6.45, 7) is 4.18. The summed E-state index contributed by atoms with van der Waals surface area (Å²) in [5.41, 5.74) is 4.60. The van der Waals surface area contributed by atoms with Crippen LogP contribution in [0.4, 0.5) is 0 Å². The van der Waals surface area contributed by atoms with Crippen molar-refractivity contribution in [3.8, 4) is 0 Å². The second kappa shape index (κ2) is 3.41. The van der Waals surface area contributed by atoms with Gasteiger partial charge in [-0.1, -0.05) is 0 Å². The largest absolute Gasteiger partial charge is 0.368 e. The maximum atomic E-state index is 11.1. The van der Waals surface area contributed by atoms with Gasteiger partial charge in [-0.05, 0) is 26.9 Å². The van der Waals surface area contributed by atoms with Crippen molar-refractivity contribution < 1.29 is 4.79 Å². The van der Waals surface area contributed by atoms with E-state index in [2.05, 4.69) is 10.2 Å². The van der Waals surface area contributed by atoms with Crippen molar-refractivity contribution in [3.63, 3.8) is 0 Å². The Morgan fingerprint density at radius 2 is 2.33 bits per heavy atom. The molecule has 0 aromatic heterocycles. The highest BCUT2D eigenvalue weighted by molar-refractivity contribution is 5.84. The van der Waals surface area contributed by atoms with Gasteiger partial charge in [0.15, 0.2) is 0 Å². The Labute approximate surface area is 73.1 Å². The highest BCUT2D eigenvalue weighted by atomic mass is 16.1. The van der Waals surface area contributed by atoms with Crippen LogP contribution in [0, 0.1) is 0 Å². The standard InChI is InChI=1S/C8H16N3O/c1-8(7(9)12)6-11(2)5-3-4-10-8/h3-6H2,1-2H3,(H2,9,12). The lowest BCUT2D eigenvalue weighted by Gasteiger charge is -2.26. The van der Waals surface area contributed by atoms with E-state index in [-0.39, 0.29) is 5.91 Å². The Morgan fingerprint density at radius 1 is 1.67 bits per heavy atom. The van der Waals surface area contributed by atoms with Crippen molar-refractivity contribution >= 4 is 5.91 Å². The first kappa shape index (κ1) is 9.48. The quantitative estimate of drug-likeness (QED) is 0.558. The average Bonchev–Trinajstić information content (AvgIpc) is 2.12. The summed E-state index contributed by atoms with van der Waals surface area (Å²) in [6, 6.07) is 0. The van der Waals surface area contributed by atoms with Crippen LogP contribution in [0.15, 0.2) is 0 Å². The van der Waals surface area contributed by atoms with Gasteiger partial charge in [0.2, 0.25) is 5.91 Å². The predicted molar refractivity (Wildman–Crippen MR) is 46.7 cm³/mol. The van der Waals surface area contributed by atoms with Gasteiger partial charge in [-0.25, -0.2) is 5.32 Å². The Morgan fingerprint density at radius 3 is 2.92 bits per heavy atom. The fourth-order valence-electron chi connectivity index (χ4n) is 1.48. The lowest BCUT2D eigenvalue weighted by molar-refractivity contribution is -0.124. The number of rotatable bonds is 1. The van der Waals surface area contributed by atoms with Gasteiger partial charge in [-0.3, -0.25) is 4.79 Å². The molecule has 0 bridgehead atoms. The SMILES string of the molecule is CN1CCC[N]C(C)(C(N)=O)C1. The lowest BCUT2D eigenvalue weighted by Crippen LogP contribution is -2.54. The molecular formula is C8H16N3O. The van der Waals surface area contributed by atoms with Gasteiger partial charge in [0.1, 0.15) is 5.54 Å². The summed E-state index contributed by atoms with van der Waals surface area (Å²) in [5, 5.41) is 4.29. The van der Waals surface area contributed by atoms with Crippen LogP contribution in [0.1, 0.15) is 13.3 Å². The lowest BCUT2D eigenvalue weighted by atomic mass is 10.0. The van der Waals surface area contributed by atoms with E-state index in [4.69, 9.17) is 5.73 Å². The smallest absolute Gasteiger partial charge is 0.240 e. The Hall–Kier alpha value is -0.610. The van der Waals surface area contributed by atoms with Crippen molar-refractivity contribution in [1.29, 1.82) is 0 Å². The van der Waals surface area contributed by atoms with Crippen molar-refractivity contribution in [2.45, 2.75) is 18.9 Å². The molecule has 69 valence electrons. The Kier molecular flexibility index (Phi) is 2.69. The van der Waals surface area contributed by atoms with Crippen LogP contribution in [0.5, 0.6) is 0 Å². The maximum Gasteiger partial charge on any atom is 0.240 e. The van der Waals surface area contributed by atoms with E-state index in [9.17, 15) is 4.79 Å². The molecule has 1 saturated heterocycles. The minimum absolute atomic E-state index is 0.323. The Balaban J connectivity index is 2.67. The minimum Gasteiger partial charge on any atom is -0.368 e. The highest BCUT2D eigenvalue weighted by Crippen LogP contribution is 2.10. The normalized spacial score (nSPS) is 32.8. The van der Waals surface area contributed by atoms with E-state index in [1.165, 1.54) is 0 Å². The van der Waals surface area contributed by atoms with Crippen LogP contribution in [0.2, 0.25) is 0 Å². The first-order chi connectivity index (χ1) is 5.54. The van der Waals surface area contributed by atoms with E-state index in [0.717, 1.165) is 19.5 Å². The van der Waals surface area contributed by atoms with Gasteiger partial charge in [0.25, 0.3) is 0 Å². The monoisotopic (exact) mass is 170 g/mol. The summed E-state index contributed by atoms with van der Waals surface area (Å²) < 4.78 is 0.